The van der Waals surface area contributed by atoms with Gasteiger partial charge in [0.15, 0.2) is 22.4 Å². The van der Waals surface area contributed by atoms with Crippen molar-refractivity contribution in [2.24, 2.45) is 10.2 Å². The third-order valence-corrected chi connectivity index (χ3v) is 5.15. The molecule has 3 rings (SSSR count). The lowest BCUT2D eigenvalue weighted by Crippen LogP contribution is -2.26. The highest BCUT2D eigenvalue weighted by molar-refractivity contribution is 8.15. The first-order chi connectivity index (χ1) is 14.0. The van der Waals surface area contributed by atoms with Crippen LogP contribution in [0.4, 0.5) is 4.39 Å². The minimum absolute atomic E-state index is 0.0133. The third kappa shape index (κ3) is 5.20. The van der Waals surface area contributed by atoms with Gasteiger partial charge in [-0.2, -0.15) is 5.10 Å². The van der Waals surface area contributed by atoms with Gasteiger partial charge in [-0.3, -0.25) is 9.59 Å². The zero-order chi connectivity index (χ0) is 20.8. The Labute approximate surface area is 171 Å². The number of amides is 1. The molecule has 1 N–H and O–H groups in total. The van der Waals surface area contributed by atoms with Gasteiger partial charge in [-0.05, 0) is 48.0 Å². The van der Waals surface area contributed by atoms with Gasteiger partial charge in [0.05, 0.1) is 25.7 Å². The third-order valence-electron chi connectivity index (χ3n) is 4.08. The number of hydrogen-bond acceptors (Lipinski definition) is 7. The summed E-state index contributed by atoms with van der Waals surface area (Å²) in [6.07, 6.45) is 1.50. The molecule has 1 aliphatic rings. The van der Waals surface area contributed by atoms with Gasteiger partial charge in [0, 0.05) is 12.0 Å². The highest BCUT2D eigenvalue weighted by atomic mass is 32.2. The van der Waals surface area contributed by atoms with Crippen LogP contribution < -0.4 is 14.8 Å². The number of ketones is 1. The van der Waals surface area contributed by atoms with Gasteiger partial charge in [-0.15, -0.1) is 5.10 Å². The lowest BCUT2D eigenvalue weighted by Gasteiger charge is -2.07. The number of rotatable bonds is 7. The molecule has 0 bridgehead atoms. The van der Waals surface area contributed by atoms with E-state index in [0.29, 0.717) is 22.2 Å². The summed E-state index contributed by atoms with van der Waals surface area (Å²) in [5.74, 6) is 0.185. The molecular formula is C20H18FN3O4S. The molecule has 7 nitrogen and oxygen atoms in total. The molecule has 1 fully saturated rings. The number of nitrogens with one attached hydrogen (secondary N) is 1. The van der Waals surface area contributed by atoms with Gasteiger partial charge in [-0.1, -0.05) is 11.8 Å². The quantitative estimate of drug-likeness (QED) is 0.427. The van der Waals surface area contributed by atoms with Crippen LogP contribution in [-0.4, -0.2) is 42.5 Å². The van der Waals surface area contributed by atoms with E-state index in [4.69, 9.17) is 9.47 Å². The molecule has 0 spiro atoms. The molecule has 2 aromatic carbocycles. The zero-order valence-electron chi connectivity index (χ0n) is 15.7. The summed E-state index contributed by atoms with van der Waals surface area (Å²) in [6.45, 7) is 0. The predicted molar refractivity (Wildman–Crippen MR) is 109 cm³/mol. The first kappa shape index (κ1) is 20.5. The summed E-state index contributed by atoms with van der Waals surface area (Å²) in [5, 5.41) is 10.3. The molecule has 9 heteroatoms. The van der Waals surface area contributed by atoms with E-state index in [1.54, 1.807) is 25.3 Å². The van der Waals surface area contributed by atoms with Gasteiger partial charge >= 0.3 is 0 Å². The summed E-state index contributed by atoms with van der Waals surface area (Å²) in [7, 11) is 3.09. The lowest BCUT2D eigenvalue weighted by molar-refractivity contribution is -0.118. The van der Waals surface area contributed by atoms with Gasteiger partial charge < -0.3 is 14.8 Å². The fourth-order valence-corrected chi connectivity index (χ4v) is 3.51. The number of nitrogens with zero attached hydrogens (tertiary/aromatic N) is 2. The first-order valence-corrected chi connectivity index (χ1v) is 9.47. The Morgan fingerprint density at radius 2 is 1.90 bits per heavy atom. The van der Waals surface area contributed by atoms with Gasteiger partial charge in [0.1, 0.15) is 5.82 Å². The molecule has 1 amide bonds. The molecular weight excluding hydrogens is 397 g/mol. The average molecular weight is 415 g/mol. The molecule has 29 heavy (non-hydrogen) atoms. The van der Waals surface area contributed by atoms with Crippen LogP contribution in [0.25, 0.3) is 0 Å². The summed E-state index contributed by atoms with van der Waals surface area (Å²) in [6, 6.07) is 10.5. The van der Waals surface area contributed by atoms with Crippen molar-refractivity contribution in [1.29, 1.82) is 0 Å². The van der Waals surface area contributed by atoms with Crippen molar-refractivity contribution < 1.29 is 23.5 Å². The molecule has 1 saturated heterocycles. The van der Waals surface area contributed by atoms with E-state index in [2.05, 4.69) is 15.5 Å². The molecule has 2 aromatic rings. The first-order valence-electron chi connectivity index (χ1n) is 8.59. The van der Waals surface area contributed by atoms with Crippen molar-refractivity contribution >= 4 is 34.8 Å². The van der Waals surface area contributed by atoms with Crippen LogP contribution in [0, 0.1) is 5.82 Å². The van der Waals surface area contributed by atoms with Crippen molar-refractivity contribution in [3.8, 4) is 11.5 Å². The van der Waals surface area contributed by atoms with Crippen molar-refractivity contribution in [2.75, 3.05) is 14.2 Å². The van der Waals surface area contributed by atoms with E-state index >= 15 is 0 Å². The van der Waals surface area contributed by atoms with Crippen molar-refractivity contribution in [3.05, 3.63) is 59.4 Å². The Bertz CT molecular complexity index is 976. The maximum atomic E-state index is 13.0. The smallest absolute Gasteiger partial charge is 0.240 e. The summed E-state index contributed by atoms with van der Waals surface area (Å²) < 4.78 is 23.4. The second kappa shape index (κ2) is 9.33. The van der Waals surface area contributed by atoms with Crippen molar-refractivity contribution in [2.45, 2.75) is 11.7 Å². The van der Waals surface area contributed by atoms with E-state index < -0.39 is 11.1 Å². The van der Waals surface area contributed by atoms with E-state index in [-0.39, 0.29) is 18.1 Å². The lowest BCUT2D eigenvalue weighted by atomic mass is 10.1. The van der Waals surface area contributed by atoms with Crippen molar-refractivity contribution in [1.82, 2.24) is 5.32 Å². The zero-order valence-corrected chi connectivity index (χ0v) is 16.5. The average Bonchev–Trinajstić information content (AvgIpc) is 3.07. The highest BCUT2D eigenvalue weighted by Crippen LogP contribution is 2.27. The minimum Gasteiger partial charge on any atom is -0.493 e. The second-order valence-corrected chi connectivity index (χ2v) is 7.19. The number of thioether (sulfide) groups is 1. The fourth-order valence-electron chi connectivity index (χ4n) is 2.59. The van der Waals surface area contributed by atoms with Crippen LogP contribution in [0.5, 0.6) is 11.5 Å². The summed E-state index contributed by atoms with van der Waals surface area (Å²) in [5.41, 5.74) is 1.10. The Balaban J connectivity index is 1.62. The normalized spacial score (nSPS) is 17.6. The van der Waals surface area contributed by atoms with Gasteiger partial charge in [0.25, 0.3) is 0 Å². The molecule has 1 atom stereocenters. The maximum absolute atomic E-state index is 13.0. The SMILES string of the molecule is COc1ccc(/C=N\N=C2\NC(=O)[C@H](CC(=O)c3ccc(F)cc3)S2)cc1OC. The molecule has 0 aromatic heterocycles. The van der Waals surface area contributed by atoms with Crippen LogP contribution >= 0.6 is 11.8 Å². The number of ether oxygens (including phenoxy) is 2. The van der Waals surface area contributed by atoms with Crippen LogP contribution in [-0.2, 0) is 4.79 Å². The van der Waals surface area contributed by atoms with E-state index in [1.165, 1.54) is 37.6 Å². The van der Waals surface area contributed by atoms with Crippen LogP contribution in [0.1, 0.15) is 22.3 Å². The maximum Gasteiger partial charge on any atom is 0.240 e. The second-order valence-electron chi connectivity index (χ2n) is 5.99. The van der Waals surface area contributed by atoms with Crippen LogP contribution in [0.2, 0.25) is 0 Å². The van der Waals surface area contributed by atoms with Gasteiger partial charge in [0.2, 0.25) is 5.91 Å². The van der Waals surface area contributed by atoms with Crippen LogP contribution in [0.3, 0.4) is 0 Å². The monoisotopic (exact) mass is 415 g/mol. The number of benzene rings is 2. The van der Waals surface area contributed by atoms with Crippen LogP contribution in [0.15, 0.2) is 52.7 Å². The Hall–Kier alpha value is -3.20. The Morgan fingerprint density at radius 1 is 1.17 bits per heavy atom. The molecule has 1 heterocycles. The summed E-state index contributed by atoms with van der Waals surface area (Å²) in [4.78, 5) is 24.4. The molecule has 1 aliphatic heterocycles. The summed E-state index contributed by atoms with van der Waals surface area (Å²) >= 11 is 1.13. The number of carbonyl (C=O) groups excluding carboxylic acids is 2. The standard InChI is InChI=1S/C20H18FN3O4S/c1-27-16-8-3-12(9-17(16)28-2)11-22-24-20-23-19(26)18(29-20)10-15(25)13-4-6-14(21)7-5-13/h3-9,11,18H,10H2,1-2H3,(H,23,24,26)/b22-11-/t18-/m0/s1. The minimum atomic E-state index is -0.609. The number of halogens is 1. The number of methoxy groups -OCH3 is 2. The predicted octanol–water partition coefficient (Wildman–Crippen LogP) is 3.04. The Morgan fingerprint density at radius 3 is 2.59 bits per heavy atom. The molecule has 150 valence electrons. The fraction of sp³-hybridized carbons (Fsp3) is 0.200. The molecule has 0 saturated carbocycles. The molecule has 0 radical (unpaired) electrons. The molecule has 0 unspecified atom stereocenters. The van der Waals surface area contributed by atoms with Crippen molar-refractivity contribution in [3.63, 3.8) is 0 Å². The number of Topliss-reactive ketones (excluding diaryl/α,β-unsaturated/α-hetero) is 1. The number of carbonyl (C=O) groups is 2. The van der Waals surface area contributed by atoms with E-state index in [9.17, 15) is 14.0 Å². The topological polar surface area (TPSA) is 89.4 Å². The van der Waals surface area contributed by atoms with E-state index in [0.717, 1.165) is 17.3 Å². The molecule has 0 aliphatic carbocycles. The highest BCUT2D eigenvalue weighted by Gasteiger charge is 2.32. The van der Waals surface area contributed by atoms with E-state index in [1.807, 2.05) is 0 Å². The number of hydrogen-bond donors (Lipinski definition) is 1. The van der Waals surface area contributed by atoms with Gasteiger partial charge in [-0.25, -0.2) is 4.39 Å². The Kier molecular flexibility index (Phi) is 6.61. The number of amidine groups is 1. The largest absolute Gasteiger partial charge is 0.493 e.